The average Bonchev–Trinajstić information content (AvgIpc) is 2.76. The maximum atomic E-state index is 13.3. The van der Waals surface area contributed by atoms with Crippen LogP contribution in [-0.2, 0) is 16.1 Å². The second-order valence-electron chi connectivity index (χ2n) is 7.66. The maximum absolute atomic E-state index is 13.3. The summed E-state index contributed by atoms with van der Waals surface area (Å²) in [5, 5.41) is 4.45. The predicted octanol–water partition coefficient (Wildman–Crippen LogP) is 6.06. The van der Waals surface area contributed by atoms with E-state index in [9.17, 15) is 9.59 Å². The van der Waals surface area contributed by atoms with Crippen LogP contribution in [0, 0.1) is 6.92 Å². The Morgan fingerprint density at radius 3 is 2.25 bits per heavy atom. The van der Waals surface area contributed by atoms with Gasteiger partial charge in [0.05, 0.1) is 0 Å². The summed E-state index contributed by atoms with van der Waals surface area (Å²) in [5.41, 5.74) is 1.43. The van der Waals surface area contributed by atoms with Gasteiger partial charge < -0.3 is 15.0 Å². The molecule has 0 aromatic heterocycles. The van der Waals surface area contributed by atoms with Crippen LogP contribution in [0.3, 0.4) is 0 Å². The predicted molar refractivity (Wildman–Crippen MR) is 131 cm³/mol. The van der Waals surface area contributed by atoms with E-state index in [1.54, 1.807) is 36.4 Å². The molecule has 2 aromatic carbocycles. The number of carbonyl (C=O) groups is 2. The van der Waals surface area contributed by atoms with Crippen LogP contribution in [0.1, 0.15) is 44.7 Å². The van der Waals surface area contributed by atoms with Crippen LogP contribution in [0.25, 0.3) is 0 Å². The molecule has 0 saturated heterocycles. The van der Waals surface area contributed by atoms with E-state index < -0.39 is 6.04 Å². The zero-order valence-corrected chi connectivity index (χ0v) is 21.0. The van der Waals surface area contributed by atoms with Crippen molar-refractivity contribution in [1.29, 1.82) is 0 Å². The Kier molecular flexibility index (Phi) is 10.1. The van der Waals surface area contributed by atoms with E-state index in [-0.39, 0.29) is 31.0 Å². The molecular weight excluding hydrogens is 471 g/mol. The number of ether oxygens (including phenoxy) is 1. The lowest BCUT2D eigenvalue weighted by Gasteiger charge is -2.32. The van der Waals surface area contributed by atoms with Gasteiger partial charge in [-0.25, -0.2) is 0 Å². The molecular formula is C24H29Cl3N2O3. The third kappa shape index (κ3) is 7.03. The van der Waals surface area contributed by atoms with E-state index in [0.717, 1.165) is 12.0 Å². The quantitative estimate of drug-likeness (QED) is 0.432. The number of hydrogen-bond acceptors (Lipinski definition) is 3. The summed E-state index contributed by atoms with van der Waals surface area (Å²) in [6.07, 6.45) is 1.21. The first kappa shape index (κ1) is 26.3. The number of rotatable bonds is 10. The maximum Gasteiger partial charge on any atom is 0.261 e. The van der Waals surface area contributed by atoms with Gasteiger partial charge in [0, 0.05) is 33.2 Å². The third-order valence-corrected chi connectivity index (χ3v) is 6.40. The Hall–Kier alpha value is -1.95. The number of nitrogens with one attached hydrogen (secondary N) is 1. The van der Waals surface area contributed by atoms with Gasteiger partial charge in [-0.2, -0.15) is 0 Å². The number of benzene rings is 2. The molecule has 0 radical (unpaired) electrons. The molecule has 0 saturated carbocycles. The number of aryl methyl sites for hydroxylation is 1. The molecule has 1 N–H and O–H groups in total. The van der Waals surface area contributed by atoms with Crippen LogP contribution < -0.4 is 10.1 Å². The van der Waals surface area contributed by atoms with Gasteiger partial charge in [0.1, 0.15) is 11.8 Å². The highest BCUT2D eigenvalue weighted by atomic mass is 35.5. The van der Waals surface area contributed by atoms with Crippen LogP contribution in [-0.4, -0.2) is 35.4 Å². The van der Waals surface area contributed by atoms with Crippen LogP contribution in [0.15, 0.2) is 36.4 Å². The summed E-state index contributed by atoms with van der Waals surface area (Å²) < 4.78 is 5.71. The molecule has 2 atom stereocenters. The van der Waals surface area contributed by atoms with Crippen molar-refractivity contribution in [2.24, 2.45) is 0 Å². The van der Waals surface area contributed by atoms with Crippen LogP contribution >= 0.6 is 34.8 Å². The summed E-state index contributed by atoms with van der Waals surface area (Å²) in [5.74, 6) is -0.0477. The standard InChI is InChI=1S/C24H29Cl3N2O3/c1-5-16(4)28-24(31)22(6-2)29(13-18-20(26)8-7-9-21(18)27)23(30)14-32-17-10-11-19(25)15(3)12-17/h7-12,16,22H,5-6,13-14H2,1-4H3,(H,28,31)/t16-,22-/m0/s1. The molecule has 0 aliphatic rings. The lowest BCUT2D eigenvalue weighted by Crippen LogP contribution is -2.51. The first-order valence-electron chi connectivity index (χ1n) is 10.6. The molecule has 0 aliphatic carbocycles. The van der Waals surface area contributed by atoms with E-state index in [1.807, 2.05) is 27.7 Å². The lowest BCUT2D eigenvalue weighted by molar-refractivity contribution is -0.143. The minimum Gasteiger partial charge on any atom is -0.484 e. The smallest absolute Gasteiger partial charge is 0.261 e. The summed E-state index contributed by atoms with van der Waals surface area (Å²) in [7, 11) is 0. The molecule has 174 valence electrons. The highest BCUT2D eigenvalue weighted by Crippen LogP contribution is 2.27. The fraction of sp³-hybridized carbons (Fsp3) is 0.417. The molecule has 2 aromatic rings. The second kappa shape index (κ2) is 12.3. The van der Waals surface area contributed by atoms with Crippen molar-refractivity contribution in [1.82, 2.24) is 10.2 Å². The molecule has 0 spiro atoms. The van der Waals surface area contributed by atoms with Crippen molar-refractivity contribution in [3.63, 3.8) is 0 Å². The first-order chi connectivity index (χ1) is 15.2. The van der Waals surface area contributed by atoms with E-state index in [0.29, 0.717) is 32.8 Å². The summed E-state index contributed by atoms with van der Waals surface area (Å²) >= 11 is 18.8. The molecule has 8 heteroatoms. The number of carbonyl (C=O) groups excluding carboxylic acids is 2. The Morgan fingerprint density at radius 1 is 1.03 bits per heavy atom. The molecule has 0 bridgehead atoms. The number of halogens is 3. The van der Waals surface area contributed by atoms with Crippen molar-refractivity contribution in [2.45, 2.75) is 59.2 Å². The van der Waals surface area contributed by atoms with Gasteiger partial charge in [0.15, 0.2) is 6.61 Å². The van der Waals surface area contributed by atoms with E-state index in [2.05, 4.69) is 5.32 Å². The molecule has 0 fully saturated rings. The Bertz CT molecular complexity index is 932. The van der Waals surface area contributed by atoms with Crippen molar-refractivity contribution < 1.29 is 14.3 Å². The Morgan fingerprint density at radius 2 is 1.69 bits per heavy atom. The third-order valence-electron chi connectivity index (χ3n) is 5.27. The van der Waals surface area contributed by atoms with E-state index >= 15 is 0 Å². The van der Waals surface area contributed by atoms with Gasteiger partial charge in [0.25, 0.3) is 5.91 Å². The normalized spacial score (nSPS) is 12.7. The Balaban J connectivity index is 2.29. The zero-order chi connectivity index (χ0) is 23.8. The molecule has 0 heterocycles. The summed E-state index contributed by atoms with van der Waals surface area (Å²) in [6.45, 7) is 7.48. The molecule has 5 nitrogen and oxygen atoms in total. The largest absolute Gasteiger partial charge is 0.484 e. The number of nitrogens with zero attached hydrogens (tertiary/aromatic N) is 1. The topological polar surface area (TPSA) is 58.6 Å². The van der Waals surface area contributed by atoms with Crippen LogP contribution in [0.5, 0.6) is 5.75 Å². The van der Waals surface area contributed by atoms with Crippen LogP contribution in [0.4, 0.5) is 0 Å². The van der Waals surface area contributed by atoms with Crippen molar-refractivity contribution in [3.8, 4) is 5.75 Å². The fourth-order valence-corrected chi connectivity index (χ4v) is 3.78. The van der Waals surface area contributed by atoms with Gasteiger partial charge in [-0.3, -0.25) is 9.59 Å². The fourth-order valence-electron chi connectivity index (χ4n) is 3.15. The summed E-state index contributed by atoms with van der Waals surface area (Å²) in [4.78, 5) is 27.7. The molecule has 0 aliphatic heterocycles. The molecule has 0 unspecified atom stereocenters. The van der Waals surface area contributed by atoms with E-state index in [4.69, 9.17) is 39.5 Å². The average molecular weight is 500 g/mol. The van der Waals surface area contributed by atoms with Gasteiger partial charge in [-0.05, 0) is 62.6 Å². The van der Waals surface area contributed by atoms with Gasteiger partial charge >= 0.3 is 0 Å². The molecule has 2 rings (SSSR count). The van der Waals surface area contributed by atoms with Gasteiger partial charge in [-0.15, -0.1) is 0 Å². The SMILES string of the molecule is CC[C@H](C)NC(=O)[C@H](CC)N(Cc1c(Cl)cccc1Cl)C(=O)COc1ccc(Cl)c(C)c1. The van der Waals surface area contributed by atoms with Crippen molar-refractivity contribution in [2.75, 3.05) is 6.61 Å². The first-order valence-corrected chi connectivity index (χ1v) is 11.7. The molecule has 32 heavy (non-hydrogen) atoms. The molecule has 2 amide bonds. The second-order valence-corrected chi connectivity index (χ2v) is 8.89. The van der Waals surface area contributed by atoms with E-state index in [1.165, 1.54) is 4.90 Å². The monoisotopic (exact) mass is 498 g/mol. The Labute approximate surface area is 205 Å². The summed E-state index contributed by atoms with van der Waals surface area (Å²) in [6, 6.07) is 9.62. The highest BCUT2D eigenvalue weighted by molar-refractivity contribution is 6.36. The highest BCUT2D eigenvalue weighted by Gasteiger charge is 2.30. The lowest BCUT2D eigenvalue weighted by atomic mass is 10.1. The zero-order valence-electron chi connectivity index (χ0n) is 18.8. The number of amides is 2. The van der Waals surface area contributed by atoms with Crippen molar-refractivity contribution in [3.05, 3.63) is 62.6 Å². The van der Waals surface area contributed by atoms with Gasteiger partial charge in [0.2, 0.25) is 5.91 Å². The minimum atomic E-state index is -0.695. The van der Waals surface area contributed by atoms with Gasteiger partial charge in [-0.1, -0.05) is 54.7 Å². The minimum absolute atomic E-state index is 0.00862. The number of hydrogen-bond donors (Lipinski definition) is 1. The van der Waals surface area contributed by atoms with Crippen molar-refractivity contribution >= 4 is 46.6 Å². The van der Waals surface area contributed by atoms with Crippen LogP contribution in [0.2, 0.25) is 15.1 Å².